The lowest BCUT2D eigenvalue weighted by Crippen LogP contribution is -2.24. The van der Waals surface area contributed by atoms with Crippen molar-refractivity contribution in [1.82, 2.24) is 5.32 Å². The maximum absolute atomic E-state index is 5.93. The van der Waals surface area contributed by atoms with E-state index in [0.29, 0.717) is 26.4 Å². The maximum Gasteiger partial charge on any atom is 0.0961 e. The van der Waals surface area contributed by atoms with Crippen molar-refractivity contribution in [3.05, 3.63) is 34.3 Å². The van der Waals surface area contributed by atoms with E-state index in [1.807, 2.05) is 18.2 Å². The second kappa shape index (κ2) is 11.2. The van der Waals surface area contributed by atoms with Crippen LogP contribution in [0.2, 0.25) is 0 Å². The molecule has 0 amide bonds. The van der Waals surface area contributed by atoms with E-state index in [1.165, 1.54) is 0 Å². The van der Waals surface area contributed by atoms with Gasteiger partial charge in [0.1, 0.15) is 0 Å². The van der Waals surface area contributed by atoms with Crippen LogP contribution in [0.3, 0.4) is 0 Å². The van der Waals surface area contributed by atoms with Gasteiger partial charge in [0.2, 0.25) is 0 Å². The van der Waals surface area contributed by atoms with Gasteiger partial charge in [-0.3, -0.25) is 0 Å². The highest BCUT2D eigenvalue weighted by Crippen LogP contribution is 2.25. The Hall–Kier alpha value is -0.460. The van der Waals surface area contributed by atoms with E-state index in [-0.39, 0.29) is 6.10 Å². The highest BCUT2D eigenvalue weighted by Gasteiger charge is 2.14. The minimum Gasteiger partial charge on any atom is -0.382 e. The number of ether oxygens (including phenoxy) is 3. The normalized spacial score (nSPS) is 12.6. The highest BCUT2D eigenvalue weighted by molar-refractivity contribution is 9.10. The first-order valence-corrected chi connectivity index (χ1v) is 7.72. The predicted octanol–water partition coefficient (Wildman–Crippen LogP) is 2.78. The molecular weight excluding hydrogens is 322 g/mol. The topological polar surface area (TPSA) is 39.7 Å². The molecule has 4 nitrogen and oxygen atoms in total. The standard InChI is InChI=1S/C15H24BrNO3/c1-3-17-12-15(13-6-4-5-7-14(13)16)20-11-10-19-9-8-18-2/h4-7,15,17H,3,8-12H2,1-2H3. The van der Waals surface area contributed by atoms with Crippen LogP contribution in [0.15, 0.2) is 28.7 Å². The van der Waals surface area contributed by atoms with Gasteiger partial charge in [0.05, 0.1) is 32.5 Å². The Morgan fingerprint density at radius 1 is 1.15 bits per heavy atom. The molecular formula is C15H24BrNO3. The van der Waals surface area contributed by atoms with E-state index in [9.17, 15) is 0 Å². The van der Waals surface area contributed by atoms with E-state index >= 15 is 0 Å². The number of hydrogen-bond donors (Lipinski definition) is 1. The van der Waals surface area contributed by atoms with Crippen LogP contribution in [0.25, 0.3) is 0 Å². The third-order valence-electron chi connectivity index (χ3n) is 2.81. The van der Waals surface area contributed by atoms with Gasteiger partial charge in [-0.15, -0.1) is 0 Å². The molecule has 1 atom stereocenters. The average Bonchev–Trinajstić information content (AvgIpc) is 2.47. The first-order valence-electron chi connectivity index (χ1n) is 6.93. The Morgan fingerprint density at radius 2 is 1.90 bits per heavy atom. The fraction of sp³-hybridized carbons (Fsp3) is 0.600. The monoisotopic (exact) mass is 345 g/mol. The predicted molar refractivity (Wildman–Crippen MR) is 84.1 cm³/mol. The number of rotatable bonds is 11. The fourth-order valence-electron chi connectivity index (χ4n) is 1.76. The van der Waals surface area contributed by atoms with Crippen LogP contribution < -0.4 is 5.32 Å². The van der Waals surface area contributed by atoms with Crippen molar-refractivity contribution in [2.75, 3.05) is 46.6 Å². The molecule has 114 valence electrons. The molecule has 0 aliphatic heterocycles. The van der Waals surface area contributed by atoms with Crippen molar-refractivity contribution < 1.29 is 14.2 Å². The maximum atomic E-state index is 5.93. The highest BCUT2D eigenvalue weighted by atomic mass is 79.9. The third kappa shape index (κ3) is 6.81. The molecule has 1 rings (SSSR count). The van der Waals surface area contributed by atoms with Crippen LogP contribution in [0.5, 0.6) is 0 Å². The summed E-state index contributed by atoms with van der Waals surface area (Å²) in [5, 5.41) is 3.33. The van der Waals surface area contributed by atoms with Gasteiger partial charge in [-0.2, -0.15) is 0 Å². The zero-order chi connectivity index (χ0) is 14.6. The number of nitrogens with one attached hydrogen (secondary N) is 1. The van der Waals surface area contributed by atoms with Crippen LogP contribution in [0.1, 0.15) is 18.6 Å². The first kappa shape index (κ1) is 17.6. The number of likely N-dealkylation sites (N-methyl/N-ethyl adjacent to an activating group) is 1. The summed E-state index contributed by atoms with van der Waals surface area (Å²) < 4.78 is 17.3. The van der Waals surface area contributed by atoms with Crippen molar-refractivity contribution in [2.24, 2.45) is 0 Å². The van der Waals surface area contributed by atoms with Crippen LogP contribution in [0, 0.1) is 0 Å². The van der Waals surface area contributed by atoms with Gasteiger partial charge in [0.25, 0.3) is 0 Å². The lowest BCUT2D eigenvalue weighted by atomic mass is 10.1. The number of methoxy groups -OCH3 is 1. The minimum absolute atomic E-state index is 0.0246. The second-order valence-corrected chi connectivity index (χ2v) is 5.15. The molecule has 0 fully saturated rings. The van der Waals surface area contributed by atoms with E-state index in [2.05, 4.69) is 34.2 Å². The van der Waals surface area contributed by atoms with Gasteiger partial charge in [-0.05, 0) is 18.2 Å². The molecule has 0 saturated heterocycles. The smallest absolute Gasteiger partial charge is 0.0961 e. The molecule has 1 unspecified atom stereocenters. The quantitative estimate of drug-likeness (QED) is 0.626. The lowest BCUT2D eigenvalue weighted by molar-refractivity contribution is -0.00693. The summed E-state index contributed by atoms with van der Waals surface area (Å²) in [6, 6.07) is 8.15. The summed E-state index contributed by atoms with van der Waals surface area (Å²) in [4.78, 5) is 0. The van der Waals surface area contributed by atoms with Gasteiger partial charge >= 0.3 is 0 Å². The largest absolute Gasteiger partial charge is 0.382 e. The molecule has 0 radical (unpaired) electrons. The SMILES string of the molecule is CCNCC(OCCOCCOC)c1ccccc1Br. The third-order valence-corrected chi connectivity index (χ3v) is 3.53. The molecule has 0 spiro atoms. The minimum atomic E-state index is 0.0246. The van der Waals surface area contributed by atoms with Crippen LogP contribution in [0.4, 0.5) is 0 Å². The van der Waals surface area contributed by atoms with Crippen molar-refractivity contribution >= 4 is 15.9 Å². The molecule has 0 aromatic heterocycles. The Morgan fingerprint density at radius 3 is 2.60 bits per heavy atom. The zero-order valence-corrected chi connectivity index (χ0v) is 13.8. The van der Waals surface area contributed by atoms with Crippen molar-refractivity contribution in [1.29, 1.82) is 0 Å². The van der Waals surface area contributed by atoms with Crippen LogP contribution in [-0.2, 0) is 14.2 Å². The number of hydrogen-bond acceptors (Lipinski definition) is 4. The first-order chi connectivity index (χ1) is 9.79. The molecule has 0 aliphatic rings. The zero-order valence-electron chi connectivity index (χ0n) is 12.2. The molecule has 0 bridgehead atoms. The summed E-state index contributed by atoms with van der Waals surface area (Å²) in [7, 11) is 1.67. The van der Waals surface area contributed by atoms with Crippen molar-refractivity contribution in [3.63, 3.8) is 0 Å². The van der Waals surface area contributed by atoms with E-state index in [4.69, 9.17) is 14.2 Å². The molecule has 0 saturated carbocycles. The lowest BCUT2D eigenvalue weighted by Gasteiger charge is -2.20. The molecule has 1 aromatic rings. The van der Waals surface area contributed by atoms with Crippen LogP contribution in [-0.4, -0.2) is 46.6 Å². The fourth-order valence-corrected chi connectivity index (χ4v) is 2.30. The molecule has 5 heteroatoms. The van der Waals surface area contributed by atoms with Crippen molar-refractivity contribution in [2.45, 2.75) is 13.0 Å². The Kier molecular flexibility index (Phi) is 9.87. The summed E-state index contributed by atoms with van der Waals surface area (Å²) in [5.74, 6) is 0. The summed E-state index contributed by atoms with van der Waals surface area (Å²) in [6.07, 6.45) is 0.0246. The van der Waals surface area contributed by atoms with Gasteiger partial charge in [-0.1, -0.05) is 41.1 Å². The molecule has 20 heavy (non-hydrogen) atoms. The summed E-state index contributed by atoms with van der Waals surface area (Å²) in [5.41, 5.74) is 1.16. The Balaban J connectivity index is 2.42. The average molecular weight is 346 g/mol. The van der Waals surface area contributed by atoms with Crippen LogP contribution >= 0.6 is 15.9 Å². The number of halogens is 1. The van der Waals surface area contributed by atoms with Gasteiger partial charge in [0.15, 0.2) is 0 Å². The molecule has 1 aromatic carbocycles. The van der Waals surface area contributed by atoms with Crippen molar-refractivity contribution in [3.8, 4) is 0 Å². The Labute approximate surface area is 129 Å². The molecule has 0 heterocycles. The van der Waals surface area contributed by atoms with Gasteiger partial charge < -0.3 is 19.5 Å². The summed E-state index contributed by atoms with van der Waals surface area (Å²) >= 11 is 3.58. The van der Waals surface area contributed by atoms with E-state index < -0.39 is 0 Å². The van der Waals surface area contributed by atoms with Gasteiger partial charge in [0, 0.05) is 18.1 Å². The van der Waals surface area contributed by atoms with Gasteiger partial charge in [-0.25, -0.2) is 0 Å². The second-order valence-electron chi connectivity index (χ2n) is 4.29. The van der Waals surface area contributed by atoms with E-state index in [1.54, 1.807) is 7.11 Å². The Bertz CT molecular complexity index is 363. The summed E-state index contributed by atoms with van der Waals surface area (Å²) in [6.45, 7) is 6.17. The molecule has 0 aliphatic carbocycles. The van der Waals surface area contributed by atoms with E-state index in [0.717, 1.165) is 23.1 Å². The molecule has 1 N–H and O–H groups in total. The number of benzene rings is 1.